The number of nitrogens with zero attached hydrogens (tertiary/aromatic N) is 3. The molecule has 0 bridgehead atoms. The Morgan fingerprint density at radius 3 is 2.49 bits per heavy atom. The summed E-state index contributed by atoms with van der Waals surface area (Å²) in [6.45, 7) is 0.798. The molecule has 1 aliphatic rings. The Morgan fingerprint density at radius 2 is 1.81 bits per heavy atom. The number of hydrogen-bond donors (Lipinski definition) is 2. The third kappa shape index (κ3) is 6.14. The monoisotopic (exact) mass is 607 g/mol. The minimum absolute atomic E-state index is 0.0404. The molecule has 1 saturated heterocycles. The van der Waals surface area contributed by atoms with E-state index in [1.54, 1.807) is 0 Å². The standard InChI is InChI=1S/C20H19Cl2N5O7S3/c1-33-16-5-3-13(11-17(16)37(31,32)27-6-8-34-9-7-27)26-36(29,30)20-25-24-19(35-20)23-18(28)14-4-2-12(21)10-15(14)22/h2-5,10-11,26H,6-9H2,1H3,(H,23,24,28). The lowest BCUT2D eigenvalue weighted by atomic mass is 10.2. The van der Waals surface area contributed by atoms with Gasteiger partial charge < -0.3 is 9.47 Å². The first-order chi connectivity index (χ1) is 17.5. The van der Waals surface area contributed by atoms with E-state index >= 15 is 0 Å². The highest BCUT2D eigenvalue weighted by molar-refractivity contribution is 7.94. The molecule has 1 amide bonds. The van der Waals surface area contributed by atoms with Gasteiger partial charge in [0.05, 0.1) is 36.6 Å². The number of hydrogen-bond acceptors (Lipinski definition) is 10. The molecule has 1 fully saturated rings. The summed E-state index contributed by atoms with van der Waals surface area (Å²) < 4.78 is 65.6. The van der Waals surface area contributed by atoms with Gasteiger partial charge in [-0.2, -0.15) is 12.7 Å². The molecule has 0 aliphatic carbocycles. The summed E-state index contributed by atoms with van der Waals surface area (Å²) in [6, 6.07) is 8.12. The number of benzene rings is 2. The molecule has 0 unspecified atom stereocenters. The molecule has 198 valence electrons. The van der Waals surface area contributed by atoms with Crippen molar-refractivity contribution in [1.82, 2.24) is 14.5 Å². The van der Waals surface area contributed by atoms with Gasteiger partial charge in [0.15, 0.2) is 0 Å². The topological polar surface area (TPSA) is 157 Å². The number of morpholine rings is 1. The fraction of sp³-hybridized carbons (Fsp3) is 0.250. The van der Waals surface area contributed by atoms with Crippen molar-refractivity contribution in [3.8, 4) is 5.75 Å². The van der Waals surface area contributed by atoms with Gasteiger partial charge in [0, 0.05) is 18.1 Å². The van der Waals surface area contributed by atoms with Crippen LogP contribution in [0.3, 0.4) is 0 Å². The highest BCUT2D eigenvalue weighted by Gasteiger charge is 2.30. The maximum atomic E-state index is 13.2. The Bertz CT molecular complexity index is 1540. The molecular weight excluding hydrogens is 589 g/mol. The average molecular weight is 609 g/mol. The minimum Gasteiger partial charge on any atom is -0.495 e. The zero-order valence-corrected chi connectivity index (χ0v) is 22.9. The Morgan fingerprint density at radius 1 is 1.08 bits per heavy atom. The van der Waals surface area contributed by atoms with Crippen LogP contribution in [0.15, 0.2) is 45.6 Å². The van der Waals surface area contributed by atoms with Gasteiger partial charge in [0.25, 0.3) is 20.3 Å². The van der Waals surface area contributed by atoms with E-state index in [2.05, 4.69) is 20.2 Å². The highest BCUT2D eigenvalue weighted by atomic mass is 35.5. The van der Waals surface area contributed by atoms with Crippen molar-refractivity contribution < 1.29 is 31.1 Å². The molecule has 0 radical (unpaired) electrons. The minimum atomic E-state index is -4.28. The maximum absolute atomic E-state index is 13.2. The summed E-state index contributed by atoms with van der Waals surface area (Å²) in [5.74, 6) is -0.584. The van der Waals surface area contributed by atoms with Gasteiger partial charge >= 0.3 is 0 Å². The van der Waals surface area contributed by atoms with Crippen LogP contribution in [0.2, 0.25) is 10.0 Å². The van der Waals surface area contributed by atoms with E-state index in [1.807, 2.05) is 0 Å². The van der Waals surface area contributed by atoms with Crippen LogP contribution in [-0.4, -0.2) is 70.7 Å². The molecule has 4 rings (SSSR count). The SMILES string of the molecule is COc1ccc(NS(=O)(=O)c2nnc(NC(=O)c3ccc(Cl)cc3Cl)s2)cc1S(=O)(=O)N1CCOCC1. The van der Waals surface area contributed by atoms with Crippen molar-refractivity contribution in [2.24, 2.45) is 0 Å². The van der Waals surface area contributed by atoms with E-state index in [4.69, 9.17) is 32.7 Å². The average Bonchev–Trinajstić information content (AvgIpc) is 3.34. The van der Waals surface area contributed by atoms with Crippen LogP contribution < -0.4 is 14.8 Å². The molecule has 0 saturated carbocycles. The van der Waals surface area contributed by atoms with Crippen LogP contribution in [0.1, 0.15) is 10.4 Å². The van der Waals surface area contributed by atoms with E-state index in [-0.39, 0.29) is 58.4 Å². The maximum Gasteiger partial charge on any atom is 0.291 e. The number of amides is 1. The molecule has 2 aromatic carbocycles. The Labute approximate surface area is 226 Å². The number of sulfonamides is 2. The summed E-state index contributed by atoms with van der Waals surface area (Å²) in [7, 11) is -6.96. The first-order valence-electron chi connectivity index (χ1n) is 10.4. The van der Waals surface area contributed by atoms with Gasteiger partial charge in [0.1, 0.15) is 10.6 Å². The predicted molar refractivity (Wildman–Crippen MR) is 138 cm³/mol. The third-order valence-electron chi connectivity index (χ3n) is 5.04. The molecular formula is C20H19Cl2N5O7S3. The Kier molecular flexibility index (Phi) is 8.23. The van der Waals surface area contributed by atoms with Crippen molar-refractivity contribution in [1.29, 1.82) is 0 Å². The number of carbonyl (C=O) groups excluding carboxylic acids is 1. The number of halogens is 2. The molecule has 17 heteroatoms. The molecule has 37 heavy (non-hydrogen) atoms. The van der Waals surface area contributed by atoms with Crippen molar-refractivity contribution in [3.63, 3.8) is 0 Å². The zero-order chi connectivity index (χ0) is 26.8. The van der Waals surface area contributed by atoms with Crippen LogP contribution in [0.25, 0.3) is 0 Å². The van der Waals surface area contributed by atoms with Crippen LogP contribution in [-0.2, 0) is 24.8 Å². The van der Waals surface area contributed by atoms with Gasteiger partial charge in [-0.05, 0) is 36.4 Å². The lowest BCUT2D eigenvalue weighted by Crippen LogP contribution is -2.40. The molecule has 0 spiro atoms. The van der Waals surface area contributed by atoms with Crippen molar-refractivity contribution >= 4 is 71.3 Å². The van der Waals surface area contributed by atoms with Crippen LogP contribution >= 0.6 is 34.5 Å². The highest BCUT2D eigenvalue weighted by Crippen LogP contribution is 2.32. The molecule has 2 heterocycles. The fourth-order valence-corrected chi connectivity index (χ4v) is 7.30. The normalized spacial score (nSPS) is 14.8. The number of nitrogens with one attached hydrogen (secondary N) is 2. The molecule has 1 aliphatic heterocycles. The first kappa shape index (κ1) is 27.5. The molecule has 3 aromatic rings. The quantitative estimate of drug-likeness (QED) is 0.367. The summed E-state index contributed by atoms with van der Waals surface area (Å²) in [5, 5.41) is 10.1. The largest absolute Gasteiger partial charge is 0.495 e. The van der Waals surface area contributed by atoms with Gasteiger partial charge in [0.2, 0.25) is 15.2 Å². The number of anilines is 2. The van der Waals surface area contributed by atoms with E-state index in [1.165, 1.54) is 41.7 Å². The summed E-state index contributed by atoms with van der Waals surface area (Å²) >= 11 is 12.5. The summed E-state index contributed by atoms with van der Waals surface area (Å²) in [5.41, 5.74) is 0.0670. The number of aromatic nitrogens is 2. The van der Waals surface area contributed by atoms with Crippen molar-refractivity contribution in [2.75, 3.05) is 43.5 Å². The summed E-state index contributed by atoms with van der Waals surface area (Å²) in [6.07, 6.45) is 0. The van der Waals surface area contributed by atoms with E-state index < -0.39 is 30.3 Å². The number of carbonyl (C=O) groups is 1. The second-order valence-electron chi connectivity index (χ2n) is 7.44. The smallest absolute Gasteiger partial charge is 0.291 e. The first-order valence-corrected chi connectivity index (χ1v) is 14.9. The van der Waals surface area contributed by atoms with Crippen molar-refractivity contribution in [2.45, 2.75) is 9.24 Å². The second-order valence-corrected chi connectivity index (χ2v) is 13.0. The molecule has 2 N–H and O–H groups in total. The van der Waals surface area contributed by atoms with Crippen LogP contribution in [0.4, 0.5) is 10.8 Å². The lowest BCUT2D eigenvalue weighted by molar-refractivity contribution is 0.0729. The predicted octanol–water partition coefficient (Wildman–Crippen LogP) is 2.93. The molecule has 12 nitrogen and oxygen atoms in total. The number of ether oxygens (including phenoxy) is 2. The fourth-order valence-electron chi connectivity index (χ4n) is 3.27. The van der Waals surface area contributed by atoms with Gasteiger partial charge in [-0.25, -0.2) is 8.42 Å². The van der Waals surface area contributed by atoms with Crippen LogP contribution in [0.5, 0.6) is 5.75 Å². The van der Waals surface area contributed by atoms with E-state index in [0.717, 1.165) is 6.07 Å². The number of rotatable bonds is 8. The second kappa shape index (κ2) is 11.1. The van der Waals surface area contributed by atoms with E-state index in [0.29, 0.717) is 16.4 Å². The molecule has 0 atom stereocenters. The van der Waals surface area contributed by atoms with Crippen LogP contribution in [0, 0.1) is 0 Å². The third-order valence-corrected chi connectivity index (χ3v) is 10.1. The van der Waals surface area contributed by atoms with Gasteiger partial charge in [-0.1, -0.05) is 34.5 Å². The molecule has 1 aromatic heterocycles. The Balaban J connectivity index is 1.54. The lowest BCUT2D eigenvalue weighted by Gasteiger charge is -2.26. The van der Waals surface area contributed by atoms with Gasteiger partial charge in [-0.3, -0.25) is 14.8 Å². The van der Waals surface area contributed by atoms with Gasteiger partial charge in [-0.15, -0.1) is 10.2 Å². The zero-order valence-electron chi connectivity index (χ0n) is 19.0. The summed E-state index contributed by atoms with van der Waals surface area (Å²) in [4.78, 5) is 12.3. The number of methoxy groups -OCH3 is 1. The van der Waals surface area contributed by atoms with Crippen molar-refractivity contribution in [3.05, 3.63) is 52.0 Å². The van der Waals surface area contributed by atoms with E-state index in [9.17, 15) is 21.6 Å². The Hall–Kier alpha value is -2.53.